The van der Waals surface area contributed by atoms with Gasteiger partial charge in [0.2, 0.25) is 17.7 Å². The van der Waals surface area contributed by atoms with Crippen molar-refractivity contribution < 1.29 is 33.8 Å². The molecular weight excluding hydrogens is 735 g/mol. The van der Waals surface area contributed by atoms with Crippen LogP contribution in [-0.2, 0) is 51.5 Å². The minimum atomic E-state index is -1.08. The van der Waals surface area contributed by atoms with Crippen molar-refractivity contribution in [2.45, 2.75) is 103 Å². The van der Waals surface area contributed by atoms with Gasteiger partial charge in [-0.05, 0) is 105 Å². The van der Waals surface area contributed by atoms with Crippen LogP contribution in [0.25, 0.3) is 0 Å². The van der Waals surface area contributed by atoms with Crippen LogP contribution in [0.5, 0.6) is 0 Å². The molecule has 0 spiro atoms. The van der Waals surface area contributed by atoms with Gasteiger partial charge in [0.05, 0.1) is 11.6 Å². The Kier molecular flexibility index (Phi) is 12.8. The Bertz CT molecular complexity index is 2130. The minimum absolute atomic E-state index is 0.118. The lowest BCUT2D eigenvalue weighted by atomic mass is 9.87. The van der Waals surface area contributed by atoms with Crippen LogP contribution in [0.15, 0.2) is 97.1 Å². The molecule has 0 bridgehead atoms. The number of carboxylic acid groups (broad SMARTS) is 1. The van der Waals surface area contributed by atoms with Gasteiger partial charge in [0, 0.05) is 38.7 Å². The lowest BCUT2D eigenvalue weighted by Crippen LogP contribution is -2.60. The maximum atomic E-state index is 14.9. The third-order valence-corrected chi connectivity index (χ3v) is 10.9. The summed E-state index contributed by atoms with van der Waals surface area (Å²) in [7, 11) is 1.48. The fraction of sp³-hybridized carbons (Fsp3) is 0.370. The number of nitrogens with one attached hydrogen (secondary N) is 3. The fourth-order valence-electron chi connectivity index (χ4n) is 7.48. The van der Waals surface area contributed by atoms with Gasteiger partial charge in [-0.3, -0.25) is 19.3 Å². The molecule has 58 heavy (non-hydrogen) atoms. The summed E-state index contributed by atoms with van der Waals surface area (Å²) in [6.45, 7) is 7.46. The van der Waals surface area contributed by atoms with Gasteiger partial charge >= 0.3 is 12.1 Å². The van der Waals surface area contributed by atoms with Gasteiger partial charge in [0.15, 0.2) is 0 Å². The summed E-state index contributed by atoms with van der Waals surface area (Å²) in [6, 6.07) is 27.0. The van der Waals surface area contributed by atoms with Crippen LogP contribution in [0.3, 0.4) is 0 Å². The summed E-state index contributed by atoms with van der Waals surface area (Å²) in [5.41, 5.74) is 6.14. The number of amides is 4. The maximum Gasteiger partial charge on any atom is 0.410 e. The first-order valence-electron chi connectivity index (χ1n) is 19.8. The number of fused-ring (bicyclic) bond motifs is 2. The zero-order chi connectivity index (χ0) is 41.6. The molecule has 0 radical (unpaired) electrons. The smallest absolute Gasteiger partial charge is 0.410 e. The van der Waals surface area contributed by atoms with Crippen molar-refractivity contribution in [3.05, 3.63) is 136 Å². The lowest BCUT2D eigenvalue weighted by Gasteiger charge is -2.39. The molecule has 4 amide bonds. The van der Waals surface area contributed by atoms with Crippen molar-refractivity contribution in [3.63, 3.8) is 0 Å². The van der Waals surface area contributed by atoms with Gasteiger partial charge in [0.1, 0.15) is 23.7 Å². The molecule has 1 heterocycles. The molecule has 0 aromatic heterocycles. The average Bonchev–Trinajstić information content (AvgIpc) is 3.21. The molecular formula is C46H53N5O7. The summed E-state index contributed by atoms with van der Waals surface area (Å²) in [5, 5.41) is 18.8. The van der Waals surface area contributed by atoms with Crippen LogP contribution >= 0.6 is 0 Å². The van der Waals surface area contributed by atoms with E-state index in [1.807, 2.05) is 60.7 Å². The van der Waals surface area contributed by atoms with Crippen molar-refractivity contribution in [3.8, 4) is 0 Å². The highest BCUT2D eigenvalue weighted by atomic mass is 16.6. The third-order valence-electron chi connectivity index (χ3n) is 10.9. The number of anilines is 1. The third kappa shape index (κ3) is 10.2. The summed E-state index contributed by atoms with van der Waals surface area (Å²) in [4.78, 5) is 70.2. The molecule has 1 aliphatic heterocycles. The number of carbonyl (C=O) groups is 5. The normalized spacial score (nSPS) is 17.1. The summed E-state index contributed by atoms with van der Waals surface area (Å²) < 4.78 is 5.50. The topological polar surface area (TPSA) is 157 Å². The monoisotopic (exact) mass is 787 g/mol. The zero-order valence-corrected chi connectivity index (χ0v) is 33.8. The molecule has 2 aliphatic rings. The second-order valence-corrected chi connectivity index (χ2v) is 16.2. The molecule has 1 aliphatic carbocycles. The molecule has 0 saturated heterocycles. The molecule has 0 saturated carbocycles. The van der Waals surface area contributed by atoms with E-state index in [-0.39, 0.29) is 30.5 Å². The lowest BCUT2D eigenvalue weighted by molar-refractivity contribution is -0.145. The number of carbonyl (C=O) groups excluding carboxylic acids is 4. The summed E-state index contributed by atoms with van der Waals surface area (Å²) >= 11 is 0. The Balaban J connectivity index is 1.25. The van der Waals surface area contributed by atoms with E-state index >= 15 is 0 Å². The fourth-order valence-corrected chi connectivity index (χ4v) is 7.48. The first-order valence-corrected chi connectivity index (χ1v) is 19.8. The van der Waals surface area contributed by atoms with E-state index in [0.717, 1.165) is 52.8 Å². The average molecular weight is 788 g/mol. The minimum Gasteiger partial charge on any atom is -0.478 e. The van der Waals surface area contributed by atoms with Gasteiger partial charge in [-0.25, -0.2) is 9.59 Å². The van der Waals surface area contributed by atoms with Crippen LogP contribution in [0.1, 0.15) is 90.3 Å². The molecule has 3 unspecified atom stereocenters. The van der Waals surface area contributed by atoms with Gasteiger partial charge < -0.3 is 30.7 Å². The molecule has 4 atom stereocenters. The Morgan fingerprint density at radius 1 is 0.862 bits per heavy atom. The van der Waals surface area contributed by atoms with Gasteiger partial charge in [0.25, 0.3) is 0 Å². The number of aromatic carboxylic acids is 1. The van der Waals surface area contributed by atoms with Gasteiger partial charge in [-0.1, -0.05) is 72.8 Å². The number of hydrogen-bond donors (Lipinski definition) is 4. The summed E-state index contributed by atoms with van der Waals surface area (Å²) in [6.07, 6.45) is 2.45. The standard InChI is InChI=1S/C46H53N5O7/c1-29(50(5)45(57)58-46(2,3)4)41(52)49-39(25-30-19-23-36(24-20-30)47-27-31-17-21-33(22-18-31)44(55)56)43(54)51-28-35-13-7-6-12-34(35)26-40(51)42(53)48-38-16-10-14-32-11-8-9-15-37(32)38/h6-9,11-13,15,17-24,29,38-40,47H,10,14,16,25-28H2,1-5H3,(H,48,53)(H,49,52)(H,55,56)/t29?,38-,39?,40?/m1/s1. The highest BCUT2D eigenvalue weighted by molar-refractivity contribution is 5.94. The quantitative estimate of drug-likeness (QED) is 0.128. The van der Waals surface area contributed by atoms with Crippen LogP contribution in [0.2, 0.25) is 0 Å². The Morgan fingerprint density at radius 3 is 2.17 bits per heavy atom. The predicted molar refractivity (Wildman–Crippen MR) is 221 cm³/mol. The number of ether oxygens (including phenoxy) is 1. The highest BCUT2D eigenvalue weighted by Crippen LogP contribution is 2.31. The number of nitrogens with zero attached hydrogens (tertiary/aromatic N) is 2. The summed E-state index contributed by atoms with van der Waals surface area (Å²) in [5.74, 6) is -2.19. The van der Waals surface area contributed by atoms with E-state index in [1.54, 1.807) is 56.9 Å². The van der Waals surface area contributed by atoms with E-state index in [9.17, 15) is 29.1 Å². The molecule has 304 valence electrons. The van der Waals surface area contributed by atoms with Crippen LogP contribution in [0, 0.1) is 0 Å². The van der Waals surface area contributed by atoms with Crippen LogP contribution < -0.4 is 16.0 Å². The van der Waals surface area contributed by atoms with Crippen molar-refractivity contribution in [1.82, 2.24) is 20.4 Å². The molecule has 0 fully saturated rings. The Labute approximate surface area is 340 Å². The van der Waals surface area contributed by atoms with Crippen molar-refractivity contribution >= 4 is 35.5 Å². The molecule has 12 nitrogen and oxygen atoms in total. The van der Waals surface area contributed by atoms with Gasteiger partial charge in [-0.15, -0.1) is 0 Å². The number of rotatable bonds is 12. The SMILES string of the molecule is CC(C(=O)NC(Cc1ccc(NCc2ccc(C(=O)O)cc2)cc1)C(=O)N1Cc2ccccc2CC1C(=O)N[C@@H]1CCCc2ccccc21)N(C)C(=O)OC(C)(C)C. The van der Waals surface area contributed by atoms with E-state index in [1.165, 1.54) is 17.5 Å². The second-order valence-electron chi connectivity index (χ2n) is 16.2. The number of aryl methyl sites for hydroxylation is 1. The Hall–Kier alpha value is -6.17. The molecule has 4 N–H and O–H groups in total. The Morgan fingerprint density at radius 2 is 1.50 bits per heavy atom. The first-order chi connectivity index (χ1) is 27.7. The molecule has 4 aromatic rings. The largest absolute Gasteiger partial charge is 0.478 e. The van der Waals surface area contributed by atoms with E-state index in [2.05, 4.69) is 28.1 Å². The maximum absolute atomic E-state index is 14.9. The van der Waals surface area contributed by atoms with E-state index < -0.39 is 47.6 Å². The molecule has 6 rings (SSSR count). The number of likely N-dealkylation sites (N-methyl/N-ethyl adjacent to an activating group) is 1. The van der Waals surface area contributed by atoms with E-state index in [4.69, 9.17) is 4.74 Å². The molecule has 4 aromatic carbocycles. The highest BCUT2D eigenvalue weighted by Gasteiger charge is 2.40. The van der Waals surface area contributed by atoms with Crippen molar-refractivity contribution in [2.75, 3.05) is 12.4 Å². The van der Waals surface area contributed by atoms with E-state index in [0.29, 0.717) is 13.0 Å². The number of hydrogen-bond acceptors (Lipinski definition) is 7. The van der Waals surface area contributed by atoms with Crippen LogP contribution in [-0.4, -0.2) is 75.5 Å². The van der Waals surface area contributed by atoms with Gasteiger partial charge in [-0.2, -0.15) is 0 Å². The van der Waals surface area contributed by atoms with Crippen molar-refractivity contribution in [2.24, 2.45) is 0 Å². The second kappa shape index (κ2) is 18.0. The number of carboxylic acids is 1. The predicted octanol–water partition coefficient (Wildman–Crippen LogP) is 6.43. The molecule has 12 heteroatoms. The first kappa shape index (κ1) is 41.5. The zero-order valence-electron chi connectivity index (χ0n) is 33.8. The number of benzene rings is 4. The van der Waals surface area contributed by atoms with Crippen molar-refractivity contribution in [1.29, 1.82) is 0 Å². The van der Waals surface area contributed by atoms with Crippen LogP contribution in [0.4, 0.5) is 10.5 Å².